The van der Waals surface area contributed by atoms with Crippen LogP contribution in [0.3, 0.4) is 0 Å². The molecule has 28 heavy (non-hydrogen) atoms. The van der Waals surface area contributed by atoms with E-state index in [0.717, 1.165) is 57.1 Å². The van der Waals surface area contributed by atoms with E-state index in [4.69, 9.17) is 9.47 Å². The molecule has 0 saturated carbocycles. The highest BCUT2D eigenvalue weighted by atomic mass is 35.5. The van der Waals surface area contributed by atoms with Gasteiger partial charge in [-0.1, -0.05) is 12.1 Å². The van der Waals surface area contributed by atoms with Crippen molar-refractivity contribution in [1.29, 1.82) is 0 Å². The minimum atomic E-state index is 0. The first-order valence-corrected chi connectivity index (χ1v) is 10.3. The summed E-state index contributed by atoms with van der Waals surface area (Å²) in [6.45, 7) is 8.02. The van der Waals surface area contributed by atoms with Crippen LogP contribution in [0.25, 0.3) is 0 Å². The van der Waals surface area contributed by atoms with Crippen molar-refractivity contribution in [2.24, 2.45) is 5.92 Å². The number of hydrogen-bond acceptors (Lipinski definition) is 5. The predicted octanol–water partition coefficient (Wildman–Crippen LogP) is 2.47. The van der Waals surface area contributed by atoms with Gasteiger partial charge in [-0.3, -0.25) is 9.69 Å². The zero-order valence-electron chi connectivity index (χ0n) is 16.8. The Balaban J connectivity index is 0.00000280. The molecule has 2 fully saturated rings. The lowest BCUT2D eigenvalue weighted by Gasteiger charge is -2.32. The van der Waals surface area contributed by atoms with Crippen LogP contribution in [0.2, 0.25) is 0 Å². The molecule has 2 atom stereocenters. The molecule has 2 aliphatic rings. The first kappa shape index (κ1) is 22.8. The normalized spacial score (nSPS) is 22.3. The molecule has 0 aromatic heterocycles. The zero-order valence-corrected chi connectivity index (χ0v) is 17.6. The quantitative estimate of drug-likeness (QED) is 0.653. The van der Waals surface area contributed by atoms with Crippen LogP contribution in [-0.4, -0.2) is 62.8 Å². The molecule has 7 heteroatoms. The third-order valence-electron chi connectivity index (χ3n) is 5.36. The molecule has 0 bridgehead atoms. The maximum absolute atomic E-state index is 12.2. The van der Waals surface area contributed by atoms with Gasteiger partial charge in [0.1, 0.15) is 6.61 Å². The van der Waals surface area contributed by atoms with Crippen LogP contribution in [0, 0.1) is 5.92 Å². The summed E-state index contributed by atoms with van der Waals surface area (Å²) in [5.74, 6) is 2.31. The first-order chi connectivity index (χ1) is 13.3. The standard InChI is InChI=1S/C21H33N3O3.ClH/c1-2-26-19-9-3-4-10-20(19)27-14-13-24-12-6-7-17(16-24)15-23-21(25)18-8-5-11-22-18;/h3-4,9-10,17-18,22H,2,5-8,11-16H2,1H3,(H,23,25);1H. The van der Waals surface area contributed by atoms with Gasteiger partial charge in [0.05, 0.1) is 12.6 Å². The molecule has 1 aromatic carbocycles. The monoisotopic (exact) mass is 411 g/mol. The van der Waals surface area contributed by atoms with Crippen LogP contribution < -0.4 is 20.1 Å². The summed E-state index contributed by atoms with van der Waals surface area (Å²) in [4.78, 5) is 14.6. The van der Waals surface area contributed by atoms with Gasteiger partial charge >= 0.3 is 0 Å². The van der Waals surface area contributed by atoms with Crippen molar-refractivity contribution in [2.45, 2.75) is 38.6 Å². The topological polar surface area (TPSA) is 62.8 Å². The Labute approximate surface area is 174 Å². The minimum Gasteiger partial charge on any atom is -0.490 e. The molecular weight excluding hydrogens is 378 g/mol. The summed E-state index contributed by atoms with van der Waals surface area (Å²) in [6.07, 6.45) is 4.42. The molecule has 1 amide bonds. The maximum atomic E-state index is 12.2. The number of nitrogens with zero attached hydrogens (tertiary/aromatic N) is 1. The van der Waals surface area contributed by atoms with E-state index in [1.165, 1.54) is 12.8 Å². The van der Waals surface area contributed by atoms with E-state index < -0.39 is 0 Å². The van der Waals surface area contributed by atoms with Gasteiger partial charge in [-0.25, -0.2) is 0 Å². The molecule has 0 aliphatic carbocycles. The van der Waals surface area contributed by atoms with Crippen molar-refractivity contribution < 1.29 is 14.3 Å². The average Bonchev–Trinajstić information content (AvgIpc) is 3.23. The number of hydrogen-bond donors (Lipinski definition) is 2. The van der Waals surface area contributed by atoms with Crippen LogP contribution in [0.1, 0.15) is 32.6 Å². The number of para-hydroxylation sites is 2. The predicted molar refractivity (Wildman–Crippen MR) is 114 cm³/mol. The molecular formula is C21H34ClN3O3. The van der Waals surface area contributed by atoms with Crippen LogP contribution in [0.15, 0.2) is 24.3 Å². The average molecular weight is 412 g/mol. The van der Waals surface area contributed by atoms with Gasteiger partial charge in [0.15, 0.2) is 11.5 Å². The second kappa shape index (κ2) is 12.1. The lowest BCUT2D eigenvalue weighted by atomic mass is 9.98. The molecule has 158 valence electrons. The number of amides is 1. The Kier molecular flexibility index (Phi) is 9.88. The second-order valence-electron chi connectivity index (χ2n) is 7.43. The van der Waals surface area contributed by atoms with Gasteiger partial charge in [-0.2, -0.15) is 0 Å². The smallest absolute Gasteiger partial charge is 0.237 e. The van der Waals surface area contributed by atoms with Gasteiger partial charge in [0.25, 0.3) is 0 Å². The van der Waals surface area contributed by atoms with Gasteiger partial charge in [-0.05, 0) is 63.7 Å². The fraction of sp³-hybridized carbons (Fsp3) is 0.667. The van der Waals surface area contributed by atoms with E-state index in [-0.39, 0.29) is 24.4 Å². The fourth-order valence-electron chi connectivity index (χ4n) is 3.93. The highest BCUT2D eigenvalue weighted by Gasteiger charge is 2.24. The lowest BCUT2D eigenvalue weighted by molar-refractivity contribution is -0.123. The number of likely N-dealkylation sites (tertiary alicyclic amines) is 1. The minimum absolute atomic E-state index is 0. The van der Waals surface area contributed by atoms with E-state index in [0.29, 0.717) is 19.1 Å². The summed E-state index contributed by atoms with van der Waals surface area (Å²) >= 11 is 0. The molecule has 2 saturated heterocycles. The number of piperidine rings is 1. The second-order valence-corrected chi connectivity index (χ2v) is 7.43. The first-order valence-electron chi connectivity index (χ1n) is 10.3. The highest BCUT2D eigenvalue weighted by Crippen LogP contribution is 2.26. The summed E-state index contributed by atoms with van der Waals surface area (Å²) < 4.78 is 11.6. The lowest BCUT2D eigenvalue weighted by Crippen LogP contribution is -2.46. The summed E-state index contributed by atoms with van der Waals surface area (Å²) in [7, 11) is 0. The van der Waals surface area contributed by atoms with E-state index in [2.05, 4.69) is 15.5 Å². The molecule has 3 rings (SSSR count). The van der Waals surface area contributed by atoms with Crippen LogP contribution in [-0.2, 0) is 4.79 Å². The van der Waals surface area contributed by atoms with Crippen molar-refractivity contribution in [3.63, 3.8) is 0 Å². The van der Waals surface area contributed by atoms with Gasteiger partial charge in [0, 0.05) is 19.6 Å². The number of carbonyl (C=O) groups is 1. The maximum Gasteiger partial charge on any atom is 0.237 e. The van der Waals surface area contributed by atoms with Crippen molar-refractivity contribution >= 4 is 18.3 Å². The van der Waals surface area contributed by atoms with Crippen LogP contribution in [0.5, 0.6) is 11.5 Å². The van der Waals surface area contributed by atoms with E-state index in [1.54, 1.807) is 0 Å². The Morgan fingerprint density at radius 3 is 2.71 bits per heavy atom. The third-order valence-corrected chi connectivity index (χ3v) is 5.36. The molecule has 6 nitrogen and oxygen atoms in total. The molecule has 1 aromatic rings. The highest BCUT2D eigenvalue weighted by molar-refractivity contribution is 5.85. The Morgan fingerprint density at radius 1 is 1.21 bits per heavy atom. The van der Waals surface area contributed by atoms with E-state index in [1.807, 2.05) is 31.2 Å². The Bertz CT molecular complexity index is 596. The van der Waals surface area contributed by atoms with E-state index >= 15 is 0 Å². The molecule has 2 N–H and O–H groups in total. The number of carbonyl (C=O) groups excluding carboxylic acids is 1. The Morgan fingerprint density at radius 2 is 2.00 bits per heavy atom. The number of ether oxygens (including phenoxy) is 2. The van der Waals surface area contributed by atoms with Crippen molar-refractivity contribution in [2.75, 3.05) is 45.9 Å². The van der Waals surface area contributed by atoms with Gasteiger partial charge in [-0.15, -0.1) is 12.4 Å². The molecule has 2 unspecified atom stereocenters. The van der Waals surface area contributed by atoms with Crippen LogP contribution in [0.4, 0.5) is 0 Å². The summed E-state index contributed by atoms with van der Waals surface area (Å²) in [5.41, 5.74) is 0. The largest absolute Gasteiger partial charge is 0.490 e. The van der Waals surface area contributed by atoms with Gasteiger partial charge in [0.2, 0.25) is 5.91 Å². The van der Waals surface area contributed by atoms with Crippen molar-refractivity contribution in [3.05, 3.63) is 24.3 Å². The SMILES string of the molecule is CCOc1ccccc1OCCN1CCCC(CNC(=O)C2CCCN2)C1.Cl. The fourth-order valence-corrected chi connectivity index (χ4v) is 3.93. The number of rotatable bonds is 9. The summed E-state index contributed by atoms with van der Waals surface area (Å²) in [5, 5.41) is 6.40. The Hall–Kier alpha value is -1.50. The van der Waals surface area contributed by atoms with Crippen molar-refractivity contribution in [3.8, 4) is 11.5 Å². The number of halogens is 1. The van der Waals surface area contributed by atoms with E-state index in [9.17, 15) is 4.79 Å². The zero-order chi connectivity index (χ0) is 18.9. The number of benzene rings is 1. The van der Waals surface area contributed by atoms with Crippen molar-refractivity contribution in [1.82, 2.24) is 15.5 Å². The number of nitrogens with one attached hydrogen (secondary N) is 2. The molecule has 2 heterocycles. The van der Waals surface area contributed by atoms with Gasteiger partial charge < -0.3 is 20.1 Å². The molecule has 0 spiro atoms. The summed E-state index contributed by atoms with van der Waals surface area (Å²) in [6, 6.07) is 7.84. The third kappa shape index (κ3) is 6.83. The van der Waals surface area contributed by atoms with Crippen LogP contribution >= 0.6 is 12.4 Å². The molecule has 0 radical (unpaired) electrons. The molecule has 2 aliphatic heterocycles.